The fourth-order valence-electron chi connectivity index (χ4n) is 2.00. The van der Waals surface area contributed by atoms with Gasteiger partial charge in [-0.3, -0.25) is 4.90 Å². The standard InChI is InChI=1S/C12H19NO4/c1-9-8-16-12(7-15)5-13(9)4-10-2-3-11(6-14)17-10/h2-3,9,12,14-15H,4-8H2,1H3. The minimum Gasteiger partial charge on any atom is -0.462 e. The van der Waals surface area contributed by atoms with Gasteiger partial charge in [0.15, 0.2) is 0 Å². The van der Waals surface area contributed by atoms with Gasteiger partial charge in [0.05, 0.1) is 25.9 Å². The summed E-state index contributed by atoms with van der Waals surface area (Å²) in [5.41, 5.74) is 0. The Hall–Kier alpha value is -0.880. The average Bonchev–Trinajstić information content (AvgIpc) is 2.80. The summed E-state index contributed by atoms with van der Waals surface area (Å²) in [5.74, 6) is 1.42. The molecule has 1 aromatic heterocycles. The lowest BCUT2D eigenvalue weighted by Crippen LogP contribution is -2.48. The quantitative estimate of drug-likeness (QED) is 0.796. The lowest BCUT2D eigenvalue weighted by Gasteiger charge is -2.36. The van der Waals surface area contributed by atoms with Gasteiger partial charge in [-0.15, -0.1) is 0 Å². The normalized spacial score (nSPS) is 26.3. The number of morpholine rings is 1. The first-order chi connectivity index (χ1) is 8.22. The minimum absolute atomic E-state index is 0.0449. The third kappa shape index (κ3) is 3.07. The van der Waals surface area contributed by atoms with E-state index in [0.717, 1.165) is 5.76 Å². The van der Waals surface area contributed by atoms with Crippen LogP contribution in [0.25, 0.3) is 0 Å². The monoisotopic (exact) mass is 241 g/mol. The first-order valence-electron chi connectivity index (χ1n) is 5.88. The Balaban J connectivity index is 1.96. The number of ether oxygens (including phenoxy) is 1. The highest BCUT2D eigenvalue weighted by molar-refractivity contribution is 5.06. The van der Waals surface area contributed by atoms with Crippen LogP contribution >= 0.6 is 0 Å². The molecule has 0 aliphatic carbocycles. The maximum absolute atomic E-state index is 9.10. The van der Waals surface area contributed by atoms with E-state index < -0.39 is 0 Å². The second kappa shape index (κ2) is 5.64. The summed E-state index contributed by atoms with van der Waals surface area (Å²) in [5, 5.41) is 18.0. The van der Waals surface area contributed by atoms with Gasteiger partial charge in [0.25, 0.3) is 0 Å². The first kappa shape index (κ1) is 12.6. The molecule has 2 heterocycles. The van der Waals surface area contributed by atoms with Gasteiger partial charge in [0.1, 0.15) is 18.1 Å². The molecular weight excluding hydrogens is 222 g/mol. The van der Waals surface area contributed by atoms with Crippen LogP contribution < -0.4 is 0 Å². The van der Waals surface area contributed by atoms with Crippen LogP contribution in [0.15, 0.2) is 16.5 Å². The Bertz CT molecular complexity index is 352. The molecule has 1 aliphatic rings. The molecule has 1 aromatic rings. The predicted octanol–water partition coefficient (Wildman–Crippen LogP) is 0.353. The van der Waals surface area contributed by atoms with Crippen molar-refractivity contribution >= 4 is 0 Å². The summed E-state index contributed by atoms with van der Waals surface area (Å²) >= 11 is 0. The van der Waals surface area contributed by atoms with E-state index in [1.54, 1.807) is 6.07 Å². The van der Waals surface area contributed by atoms with Gasteiger partial charge in [0.2, 0.25) is 0 Å². The zero-order chi connectivity index (χ0) is 12.3. The number of nitrogens with zero attached hydrogens (tertiary/aromatic N) is 1. The van der Waals surface area contributed by atoms with Gasteiger partial charge in [-0.1, -0.05) is 0 Å². The van der Waals surface area contributed by atoms with Crippen molar-refractivity contribution in [3.8, 4) is 0 Å². The zero-order valence-electron chi connectivity index (χ0n) is 10.0. The molecule has 0 aromatic carbocycles. The molecule has 2 rings (SSSR count). The van der Waals surface area contributed by atoms with Gasteiger partial charge in [0, 0.05) is 12.6 Å². The van der Waals surface area contributed by atoms with E-state index in [0.29, 0.717) is 31.5 Å². The highest BCUT2D eigenvalue weighted by Crippen LogP contribution is 2.17. The maximum atomic E-state index is 9.10. The van der Waals surface area contributed by atoms with Crippen molar-refractivity contribution in [3.05, 3.63) is 23.7 Å². The topological polar surface area (TPSA) is 66.1 Å². The maximum Gasteiger partial charge on any atom is 0.129 e. The fourth-order valence-corrected chi connectivity index (χ4v) is 2.00. The molecule has 2 N–H and O–H groups in total. The van der Waals surface area contributed by atoms with Gasteiger partial charge in [-0.05, 0) is 19.1 Å². The molecule has 0 amide bonds. The summed E-state index contributed by atoms with van der Waals surface area (Å²) in [7, 11) is 0. The van der Waals surface area contributed by atoms with E-state index >= 15 is 0 Å². The third-order valence-electron chi connectivity index (χ3n) is 3.07. The molecule has 0 radical (unpaired) electrons. The Morgan fingerprint density at radius 1 is 1.35 bits per heavy atom. The first-order valence-corrected chi connectivity index (χ1v) is 5.88. The minimum atomic E-state index is -0.113. The van der Waals surface area contributed by atoms with Crippen LogP contribution in [0.4, 0.5) is 0 Å². The van der Waals surface area contributed by atoms with E-state index in [9.17, 15) is 0 Å². The number of rotatable bonds is 4. The number of aliphatic hydroxyl groups excluding tert-OH is 2. The molecule has 1 aliphatic heterocycles. The number of hydrogen-bond acceptors (Lipinski definition) is 5. The number of furan rings is 1. The average molecular weight is 241 g/mol. The van der Waals surface area contributed by atoms with E-state index in [-0.39, 0.29) is 19.3 Å². The van der Waals surface area contributed by atoms with E-state index in [1.165, 1.54) is 0 Å². The van der Waals surface area contributed by atoms with E-state index in [4.69, 9.17) is 19.4 Å². The molecule has 5 heteroatoms. The number of aliphatic hydroxyl groups is 2. The van der Waals surface area contributed by atoms with Crippen LogP contribution in [0.1, 0.15) is 18.4 Å². The lowest BCUT2D eigenvalue weighted by atomic mass is 10.2. The molecule has 5 nitrogen and oxygen atoms in total. The molecule has 17 heavy (non-hydrogen) atoms. The highest BCUT2D eigenvalue weighted by Gasteiger charge is 2.26. The van der Waals surface area contributed by atoms with E-state index in [1.807, 2.05) is 6.07 Å². The molecule has 2 atom stereocenters. The van der Waals surface area contributed by atoms with Crippen molar-refractivity contribution in [2.45, 2.75) is 32.2 Å². The van der Waals surface area contributed by atoms with E-state index in [2.05, 4.69) is 11.8 Å². The molecule has 1 fully saturated rings. The largest absolute Gasteiger partial charge is 0.462 e. The smallest absolute Gasteiger partial charge is 0.129 e. The Morgan fingerprint density at radius 2 is 2.12 bits per heavy atom. The van der Waals surface area contributed by atoms with Gasteiger partial charge in [-0.25, -0.2) is 0 Å². The second-order valence-corrected chi connectivity index (χ2v) is 4.44. The van der Waals surface area contributed by atoms with Crippen LogP contribution in [0.5, 0.6) is 0 Å². The van der Waals surface area contributed by atoms with Crippen molar-refractivity contribution in [2.24, 2.45) is 0 Å². The van der Waals surface area contributed by atoms with Gasteiger partial charge >= 0.3 is 0 Å². The van der Waals surface area contributed by atoms with Crippen LogP contribution in [0.2, 0.25) is 0 Å². The predicted molar refractivity (Wildman–Crippen MR) is 61.3 cm³/mol. The fraction of sp³-hybridized carbons (Fsp3) is 0.667. The van der Waals surface area contributed by atoms with Crippen LogP contribution in [-0.2, 0) is 17.9 Å². The van der Waals surface area contributed by atoms with Crippen molar-refractivity contribution in [1.29, 1.82) is 0 Å². The number of hydrogen-bond donors (Lipinski definition) is 2. The molecule has 0 saturated carbocycles. The van der Waals surface area contributed by atoms with Crippen molar-refractivity contribution in [2.75, 3.05) is 19.8 Å². The van der Waals surface area contributed by atoms with Crippen molar-refractivity contribution in [3.63, 3.8) is 0 Å². The summed E-state index contributed by atoms with van der Waals surface area (Å²) in [6.45, 7) is 4.07. The highest BCUT2D eigenvalue weighted by atomic mass is 16.5. The molecule has 0 bridgehead atoms. The Morgan fingerprint density at radius 3 is 2.76 bits per heavy atom. The molecular formula is C12H19NO4. The van der Waals surface area contributed by atoms with Gasteiger partial charge < -0.3 is 19.4 Å². The van der Waals surface area contributed by atoms with Crippen LogP contribution in [0.3, 0.4) is 0 Å². The Labute approximate surface area is 101 Å². The molecule has 0 spiro atoms. The Kier molecular flexibility index (Phi) is 4.17. The van der Waals surface area contributed by atoms with Gasteiger partial charge in [-0.2, -0.15) is 0 Å². The summed E-state index contributed by atoms with van der Waals surface area (Å²) in [6, 6.07) is 3.96. The molecule has 96 valence electrons. The molecule has 2 unspecified atom stereocenters. The molecule has 1 saturated heterocycles. The SMILES string of the molecule is CC1COC(CO)CN1Cc1ccc(CO)o1. The second-order valence-electron chi connectivity index (χ2n) is 4.44. The van der Waals surface area contributed by atoms with Crippen LogP contribution in [0, 0.1) is 0 Å². The van der Waals surface area contributed by atoms with Crippen molar-refractivity contribution in [1.82, 2.24) is 4.90 Å². The third-order valence-corrected chi connectivity index (χ3v) is 3.07. The van der Waals surface area contributed by atoms with Crippen LogP contribution in [-0.4, -0.2) is 47.0 Å². The summed E-state index contributed by atoms with van der Waals surface area (Å²) < 4.78 is 10.9. The zero-order valence-corrected chi connectivity index (χ0v) is 10.0. The summed E-state index contributed by atoms with van der Waals surface area (Å²) in [6.07, 6.45) is -0.113. The summed E-state index contributed by atoms with van der Waals surface area (Å²) in [4.78, 5) is 2.21. The lowest BCUT2D eigenvalue weighted by molar-refractivity contribution is -0.0821. The van der Waals surface area contributed by atoms with Crippen molar-refractivity contribution < 1.29 is 19.4 Å².